The number of nitrogens with one attached hydrogen (secondary N) is 1. The zero-order valence-electron chi connectivity index (χ0n) is 17.3. The van der Waals surface area contributed by atoms with Gasteiger partial charge >= 0.3 is 0 Å². The number of aryl methyl sites for hydroxylation is 1. The van der Waals surface area contributed by atoms with Crippen molar-refractivity contribution in [2.75, 3.05) is 31.1 Å². The summed E-state index contributed by atoms with van der Waals surface area (Å²) in [7, 11) is 0. The Balaban J connectivity index is 1.22. The van der Waals surface area contributed by atoms with Crippen LogP contribution in [0.1, 0.15) is 24.0 Å². The van der Waals surface area contributed by atoms with E-state index in [4.69, 9.17) is 0 Å². The molecule has 2 aliphatic heterocycles. The van der Waals surface area contributed by atoms with E-state index in [1.165, 1.54) is 23.2 Å². The molecule has 1 atom stereocenters. The molecule has 1 fully saturated rings. The molecule has 30 heavy (non-hydrogen) atoms. The van der Waals surface area contributed by atoms with Gasteiger partial charge in [-0.1, -0.05) is 36.4 Å². The van der Waals surface area contributed by atoms with E-state index in [1.54, 1.807) is 0 Å². The van der Waals surface area contributed by atoms with Crippen LogP contribution in [-0.4, -0.2) is 47.2 Å². The van der Waals surface area contributed by atoms with E-state index in [2.05, 4.69) is 38.2 Å². The SMILES string of the molecule is O=C(Cc1ccccc1)N1CCC(CN2CCCc3cc(-c4cn[nH]c4)ccc32)C1. The predicted molar refractivity (Wildman–Crippen MR) is 119 cm³/mol. The number of nitrogens with zero attached hydrogens (tertiary/aromatic N) is 3. The Kier molecular flexibility index (Phi) is 5.26. The summed E-state index contributed by atoms with van der Waals surface area (Å²) in [5.41, 5.74) is 6.25. The van der Waals surface area contributed by atoms with Crippen LogP contribution < -0.4 is 4.90 Å². The maximum absolute atomic E-state index is 12.7. The van der Waals surface area contributed by atoms with E-state index >= 15 is 0 Å². The number of carbonyl (C=O) groups excluding carboxylic acids is 1. The Labute approximate surface area is 177 Å². The summed E-state index contributed by atoms with van der Waals surface area (Å²) in [6, 6.07) is 16.9. The smallest absolute Gasteiger partial charge is 0.226 e. The number of rotatable bonds is 5. The molecule has 0 spiro atoms. The summed E-state index contributed by atoms with van der Waals surface area (Å²) < 4.78 is 0. The molecule has 1 amide bonds. The number of H-pyrrole nitrogens is 1. The summed E-state index contributed by atoms with van der Waals surface area (Å²) in [5.74, 6) is 0.803. The third-order valence-corrected chi connectivity index (χ3v) is 6.44. The number of carbonyl (C=O) groups is 1. The van der Waals surface area contributed by atoms with Crippen LogP contribution in [0.3, 0.4) is 0 Å². The minimum absolute atomic E-state index is 0.257. The number of amides is 1. The van der Waals surface area contributed by atoms with Crippen molar-refractivity contribution in [2.24, 2.45) is 5.92 Å². The molecule has 154 valence electrons. The quantitative estimate of drug-likeness (QED) is 0.706. The number of fused-ring (bicyclic) bond motifs is 1. The second-order valence-corrected chi connectivity index (χ2v) is 8.54. The number of hydrogen-bond donors (Lipinski definition) is 1. The van der Waals surface area contributed by atoms with Gasteiger partial charge in [0.15, 0.2) is 0 Å². The zero-order chi connectivity index (χ0) is 20.3. The number of hydrogen-bond acceptors (Lipinski definition) is 3. The van der Waals surface area contributed by atoms with Crippen LogP contribution in [0.25, 0.3) is 11.1 Å². The highest BCUT2D eigenvalue weighted by Crippen LogP contribution is 2.33. The van der Waals surface area contributed by atoms with E-state index in [9.17, 15) is 4.79 Å². The molecule has 3 aromatic rings. The highest BCUT2D eigenvalue weighted by molar-refractivity contribution is 5.79. The topological polar surface area (TPSA) is 52.2 Å². The first-order valence-electron chi connectivity index (χ1n) is 10.9. The molecule has 5 heteroatoms. The zero-order valence-corrected chi connectivity index (χ0v) is 17.3. The van der Waals surface area contributed by atoms with Crippen LogP contribution in [0.4, 0.5) is 5.69 Å². The fourth-order valence-corrected chi connectivity index (χ4v) is 4.86. The molecule has 0 radical (unpaired) electrons. The molecule has 2 aromatic carbocycles. The Bertz CT molecular complexity index is 999. The van der Waals surface area contributed by atoms with Gasteiger partial charge in [0.05, 0.1) is 12.6 Å². The average molecular weight is 401 g/mol. The molecule has 5 nitrogen and oxygen atoms in total. The van der Waals surface area contributed by atoms with Crippen molar-refractivity contribution >= 4 is 11.6 Å². The van der Waals surface area contributed by atoms with Crippen molar-refractivity contribution in [3.8, 4) is 11.1 Å². The number of benzene rings is 2. The van der Waals surface area contributed by atoms with E-state index in [0.717, 1.165) is 50.1 Å². The molecule has 1 unspecified atom stereocenters. The Hall–Kier alpha value is -3.08. The number of aromatic nitrogens is 2. The number of likely N-dealkylation sites (tertiary alicyclic amines) is 1. The second-order valence-electron chi connectivity index (χ2n) is 8.54. The Morgan fingerprint density at radius 2 is 2.00 bits per heavy atom. The maximum atomic E-state index is 12.7. The molecule has 3 heterocycles. The van der Waals surface area contributed by atoms with Gasteiger partial charge in [0.1, 0.15) is 0 Å². The van der Waals surface area contributed by atoms with E-state index in [1.807, 2.05) is 42.7 Å². The summed E-state index contributed by atoms with van der Waals surface area (Å²) >= 11 is 0. The highest BCUT2D eigenvalue weighted by Gasteiger charge is 2.29. The fourth-order valence-electron chi connectivity index (χ4n) is 4.86. The van der Waals surface area contributed by atoms with Crippen molar-refractivity contribution in [3.63, 3.8) is 0 Å². The minimum atomic E-state index is 0.257. The summed E-state index contributed by atoms with van der Waals surface area (Å²) in [5, 5.41) is 6.98. The van der Waals surface area contributed by atoms with Gasteiger partial charge in [0.25, 0.3) is 0 Å². The maximum Gasteiger partial charge on any atom is 0.226 e. The van der Waals surface area contributed by atoms with Crippen LogP contribution in [0.5, 0.6) is 0 Å². The summed E-state index contributed by atoms with van der Waals surface area (Å²) in [4.78, 5) is 17.3. The van der Waals surface area contributed by atoms with Gasteiger partial charge in [-0.25, -0.2) is 0 Å². The fraction of sp³-hybridized carbons (Fsp3) is 0.360. The minimum Gasteiger partial charge on any atom is -0.371 e. The summed E-state index contributed by atoms with van der Waals surface area (Å²) in [6.07, 6.45) is 7.75. The molecule has 2 aliphatic rings. The lowest BCUT2D eigenvalue weighted by atomic mass is 9.96. The predicted octanol–water partition coefficient (Wildman–Crippen LogP) is 3.92. The third kappa shape index (κ3) is 3.97. The van der Waals surface area contributed by atoms with Gasteiger partial charge in [-0.15, -0.1) is 0 Å². The molecule has 5 rings (SSSR count). The molecule has 0 bridgehead atoms. The van der Waals surface area contributed by atoms with Crippen LogP contribution in [0, 0.1) is 5.92 Å². The van der Waals surface area contributed by atoms with Crippen molar-refractivity contribution in [2.45, 2.75) is 25.7 Å². The van der Waals surface area contributed by atoms with Crippen LogP contribution in [0.2, 0.25) is 0 Å². The van der Waals surface area contributed by atoms with Crippen LogP contribution in [0.15, 0.2) is 60.9 Å². The summed E-state index contributed by atoms with van der Waals surface area (Å²) in [6.45, 7) is 3.90. The van der Waals surface area contributed by atoms with Gasteiger partial charge in [0.2, 0.25) is 5.91 Å². The molecule has 1 aromatic heterocycles. The lowest BCUT2D eigenvalue weighted by Crippen LogP contribution is -2.36. The lowest BCUT2D eigenvalue weighted by Gasteiger charge is -2.33. The van der Waals surface area contributed by atoms with E-state index < -0.39 is 0 Å². The van der Waals surface area contributed by atoms with Crippen molar-refractivity contribution in [3.05, 3.63) is 72.1 Å². The molecule has 0 aliphatic carbocycles. The molecular formula is C25H28N4O. The third-order valence-electron chi connectivity index (χ3n) is 6.44. The van der Waals surface area contributed by atoms with Crippen LogP contribution in [-0.2, 0) is 17.6 Å². The van der Waals surface area contributed by atoms with E-state index in [-0.39, 0.29) is 5.91 Å². The van der Waals surface area contributed by atoms with Gasteiger partial charge in [-0.2, -0.15) is 5.10 Å². The van der Waals surface area contributed by atoms with Gasteiger partial charge < -0.3 is 9.80 Å². The van der Waals surface area contributed by atoms with Gasteiger partial charge in [0, 0.05) is 43.6 Å². The second kappa shape index (κ2) is 8.34. The van der Waals surface area contributed by atoms with Gasteiger partial charge in [-0.3, -0.25) is 9.89 Å². The van der Waals surface area contributed by atoms with Crippen LogP contribution >= 0.6 is 0 Å². The first kappa shape index (κ1) is 18.9. The highest BCUT2D eigenvalue weighted by atomic mass is 16.2. The normalized spacial score (nSPS) is 18.5. The molecule has 0 saturated carbocycles. The number of aromatic amines is 1. The standard InChI is InChI=1S/C25H28N4O/c30-25(13-19-5-2-1-3-6-19)29-12-10-20(18-29)17-28-11-4-7-22-14-21(8-9-24(22)28)23-15-26-27-16-23/h1-3,5-6,8-9,14-16,20H,4,7,10-13,17-18H2,(H,26,27). The Morgan fingerprint density at radius 3 is 2.83 bits per heavy atom. The van der Waals surface area contributed by atoms with Crippen molar-refractivity contribution in [1.82, 2.24) is 15.1 Å². The monoisotopic (exact) mass is 400 g/mol. The molecular weight excluding hydrogens is 372 g/mol. The van der Waals surface area contributed by atoms with Gasteiger partial charge in [-0.05, 0) is 54.0 Å². The molecule has 1 saturated heterocycles. The van der Waals surface area contributed by atoms with Crippen molar-refractivity contribution < 1.29 is 4.79 Å². The number of anilines is 1. The van der Waals surface area contributed by atoms with Crippen molar-refractivity contribution in [1.29, 1.82) is 0 Å². The molecule has 1 N–H and O–H groups in total. The van der Waals surface area contributed by atoms with E-state index in [0.29, 0.717) is 12.3 Å². The first-order chi connectivity index (χ1) is 14.8. The lowest BCUT2D eigenvalue weighted by molar-refractivity contribution is -0.129. The Morgan fingerprint density at radius 1 is 1.10 bits per heavy atom. The average Bonchev–Trinajstić information content (AvgIpc) is 3.47. The first-order valence-corrected chi connectivity index (χ1v) is 10.9. The largest absolute Gasteiger partial charge is 0.371 e.